The summed E-state index contributed by atoms with van der Waals surface area (Å²) in [5.74, 6) is 1.20. The normalized spacial score (nSPS) is 16.4. The summed E-state index contributed by atoms with van der Waals surface area (Å²) in [5.41, 5.74) is 6.82. The van der Waals surface area contributed by atoms with Crippen LogP contribution in [0.1, 0.15) is 33.9 Å². The minimum Gasteiger partial charge on any atom is -0.489 e. The van der Waals surface area contributed by atoms with E-state index in [0.717, 1.165) is 38.9 Å². The largest absolute Gasteiger partial charge is 0.489 e. The molecule has 0 spiro atoms. The van der Waals surface area contributed by atoms with Gasteiger partial charge in [-0.05, 0) is 93.9 Å². The minimum atomic E-state index is -0.845. The molecule has 53 heavy (non-hydrogen) atoms. The van der Waals surface area contributed by atoms with Gasteiger partial charge in [0.15, 0.2) is 17.6 Å². The lowest BCUT2D eigenvalue weighted by atomic mass is 9.94. The molecule has 2 heterocycles. The lowest BCUT2D eigenvalue weighted by Crippen LogP contribution is -2.53. The number of halogens is 4. The summed E-state index contributed by atoms with van der Waals surface area (Å²) in [6.45, 7) is 1.15. The summed E-state index contributed by atoms with van der Waals surface area (Å²) >= 11 is 18.2. The molecule has 2 aliphatic rings. The van der Waals surface area contributed by atoms with E-state index in [9.17, 15) is 9.59 Å². The van der Waals surface area contributed by atoms with Gasteiger partial charge >= 0.3 is 5.97 Å². The van der Waals surface area contributed by atoms with E-state index in [1.165, 1.54) is 7.11 Å². The predicted octanol–water partition coefficient (Wildman–Crippen LogP) is 8.74. The van der Waals surface area contributed by atoms with Crippen molar-refractivity contribution in [2.45, 2.75) is 44.2 Å². The first-order valence-corrected chi connectivity index (χ1v) is 17.9. The van der Waals surface area contributed by atoms with Gasteiger partial charge < -0.3 is 29.6 Å². The number of ether oxygens (including phenoxy) is 4. The lowest BCUT2D eigenvalue weighted by Gasteiger charge is -2.31. The SMILES string of the molecule is COC(=O)[C@H](Cc1ccc(-c2ccc(Cl)cc2)cc1)NC(=O)[C@@H]1Cc2cc3c(cc2CN1)OC(c1ccc(OCc2ccc(Cl)c(Cl)c2)cc1)CO3.Cl. The van der Waals surface area contributed by atoms with E-state index >= 15 is 0 Å². The van der Waals surface area contributed by atoms with Crippen LogP contribution in [0, 0.1) is 0 Å². The second-order valence-corrected chi connectivity index (χ2v) is 14.0. The van der Waals surface area contributed by atoms with E-state index in [1.54, 1.807) is 12.1 Å². The predicted molar refractivity (Wildman–Crippen MR) is 209 cm³/mol. The molecule has 5 aromatic rings. The molecule has 0 radical (unpaired) electrons. The Morgan fingerprint density at radius 1 is 0.830 bits per heavy atom. The Morgan fingerprint density at radius 3 is 2.21 bits per heavy atom. The molecular formula is C41H36Cl4N2O6. The Labute approximate surface area is 329 Å². The van der Waals surface area contributed by atoms with Gasteiger partial charge in [0, 0.05) is 18.0 Å². The molecule has 0 aliphatic carbocycles. The summed E-state index contributed by atoms with van der Waals surface area (Å²) < 4.78 is 23.5. The van der Waals surface area contributed by atoms with E-state index in [0.29, 0.717) is 58.5 Å². The third kappa shape index (κ3) is 9.21. The summed E-state index contributed by atoms with van der Waals surface area (Å²) in [6, 6.07) is 31.1. The van der Waals surface area contributed by atoms with Crippen LogP contribution in [-0.4, -0.2) is 37.7 Å². The van der Waals surface area contributed by atoms with E-state index in [1.807, 2.05) is 91.0 Å². The molecule has 1 amide bonds. The smallest absolute Gasteiger partial charge is 0.328 e. The highest BCUT2D eigenvalue weighted by Crippen LogP contribution is 2.40. The van der Waals surface area contributed by atoms with Crippen molar-refractivity contribution in [1.82, 2.24) is 10.6 Å². The van der Waals surface area contributed by atoms with Gasteiger partial charge in [-0.15, -0.1) is 12.4 Å². The zero-order chi connectivity index (χ0) is 36.2. The highest BCUT2D eigenvalue weighted by atomic mass is 35.5. The lowest BCUT2D eigenvalue weighted by molar-refractivity contribution is -0.145. The van der Waals surface area contributed by atoms with Crippen molar-refractivity contribution in [2.75, 3.05) is 13.7 Å². The maximum Gasteiger partial charge on any atom is 0.328 e. The van der Waals surface area contributed by atoms with Crippen molar-refractivity contribution >= 4 is 59.1 Å². The number of hydrogen-bond acceptors (Lipinski definition) is 7. The molecule has 0 saturated carbocycles. The fourth-order valence-electron chi connectivity index (χ4n) is 6.33. The molecule has 2 aliphatic heterocycles. The Hall–Kier alpha value is -4.44. The zero-order valence-electron chi connectivity index (χ0n) is 28.6. The Balaban J connectivity index is 0.00000481. The molecule has 12 heteroatoms. The van der Waals surface area contributed by atoms with Crippen LogP contribution in [0.5, 0.6) is 17.2 Å². The first-order valence-electron chi connectivity index (χ1n) is 16.8. The first kappa shape index (κ1) is 38.3. The minimum absolute atomic E-state index is 0. The number of rotatable bonds is 10. The topological polar surface area (TPSA) is 95.1 Å². The molecule has 5 aromatic carbocycles. The van der Waals surface area contributed by atoms with Gasteiger partial charge in [0.2, 0.25) is 5.91 Å². The van der Waals surface area contributed by atoms with Crippen LogP contribution in [0.3, 0.4) is 0 Å². The van der Waals surface area contributed by atoms with Gasteiger partial charge in [-0.25, -0.2) is 4.79 Å². The summed E-state index contributed by atoms with van der Waals surface area (Å²) in [6.07, 6.45) is 0.416. The number of carbonyl (C=O) groups is 2. The molecule has 0 bridgehead atoms. The van der Waals surface area contributed by atoms with Gasteiger partial charge in [0.1, 0.15) is 25.0 Å². The van der Waals surface area contributed by atoms with Crippen LogP contribution in [0.15, 0.2) is 103 Å². The second kappa shape index (κ2) is 17.1. The van der Waals surface area contributed by atoms with E-state index in [-0.39, 0.29) is 30.8 Å². The first-order chi connectivity index (χ1) is 25.2. The van der Waals surface area contributed by atoms with Crippen molar-refractivity contribution < 1.29 is 28.5 Å². The Kier molecular flexibility index (Phi) is 12.4. The maximum atomic E-state index is 13.5. The second-order valence-electron chi connectivity index (χ2n) is 12.7. The molecule has 1 unspecified atom stereocenters. The number of methoxy groups -OCH3 is 1. The average Bonchev–Trinajstić information content (AvgIpc) is 3.17. The number of nitrogens with one attached hydrogen (secondary N) is 2. The van der Waals surface area contributed by atoms with Gasteiger partial charge in [-0.2, -0.15) is 0 Å². The number of fused-ring (bicyclic) bond motifs is 2. The van der Waals surface area contributed by atoms with Gasteiger partial charge in [-0.3, -0.25) is 4.79 Å². The molecule has 3 atom stereocenters. The summed E-state index contributed by atoms with van der Waals surface area (Å²) in [7, 11) is 1.32. The van der Waals surface area contributed by atoms with Crippen molar-refractivity contribution in [3.63, 3.8) is 0 Å². The van der Waals surface area contributed by atoms with Crippen LogP contribution in [-0.2, 0) is 40.3 Å². The average molecular weight is 795 g/mol. The molecule has 0 fully saturated rings. The van der Waals surface area contributed by atoms with Crippen LogP contribution in [0.4, 0.5) is 0 Å². The molecular weight excluding hydrogens is 758 g/mol. The van der Waals surface area contributed by atoms with Crippen molar-refractivity contribution in [3.05, 3.63) is 146 Å². The summed E-state index contributed by atoms with van der Waals surface area (Å²) in [5, 5.41) is 7.90. The molecule has 274 valence electrons. The Morgan fingerprint density at radius 2 is 1.51 bits per heavy atom. The highest BCUT2D eigenvalue weighted by molar-refractivity contribution is 6.42. The third-order valence-corrected chi connectivity index (χ3v) is 10.2. The molecule has 7 rings (SSSR count). The van der Waals surface area contributed by atoms with E-state index in [4.69, 9.17) is 53.8 Å². The monoisotopic (exact) mass is 792 g/mol. The Bertz CT molecular complexity index is 2080. The number of benzene rings is 5. The maximum absolute atomic E-state index is 13.5. The van der Waals surface area contributed by atoms with E-state index < -0.39 is 18.1 Å². The van der Waals surface area contributed by atoms with Gasteiger partial charge in [0.25, 0.3) is 0 Å². The van der Waals surface area contributed by atoms with Crippen LogP contribution >= 0.6 is 47.2 Å². The standard InChI is InChI=1S/C41H35Cl3N2O6.ClH/c1-49-41(48)36(17-24-2-5-26(6-3-24)27-7-11-31(42)12-8-27)46-40(47)35-18-29-19-37-38(20-30(29)21-45-35)52-39(23-51-37)28-9-13-32(14-10-28)50-22-25-4-15-33(43)34(44)16-25;/h2-16,19-20,35-36,39,45H,17-18,21-23H2,1H3,(H,46,47);1H/t35-,36-,39?;/m0./s1. The summed E-state index contributed by atoms with van der Waals surface area (Å²) in [4.78, 5) is 26.2. The van der Waals surface area contributed by atoms with Crippen molar-refractivity contribution in [3.8, 4) is 28.4 Å². The number of amides is 1. The molecule has 0 aromatic heterocycles. The van der Waals surface area contributed by atoms with Crippen LogP contribution in [0.25, 0.3) is 11.1 Å². The van der Waals surface area contributed by atoms with Crippen molar-refractivity contribution in [2.24, 2.45) is 0 Å². The number of carbonyl (C=O) groups excluding carboxylic acids is 2. The molecule has 2 N–H and O–H groups in total. The van der Waals surface area contributed by atoms with Gasteiger partial charge in [0.05, 0.1) is 23.2 Å². The molecule has 0 saturated heterocycles. The number of esters is 1. The van der Waals surface area contributed by atoms with Crippen LogP contribution in [0.2, 0.25) is 15.1 Å². The fraction of sp³-hybridized carbons (Fsp3) is 0.220. The number of hydrogen-bond donors (Lipinski definition) is 2. The van der Waals surface area contributed by atoms with Gasteiger partial charge in [-0.1, -0.05) is 89.4 Å². The highest BCUT2D eigenvalue weighted by Gasteiger charge is 2.31. The van der Waals surface area contributed by atoms with E-state index in [2.05, 4.69) is 10.6 Å². The van der Waals surface area contributed by atoms with Crippen molar-refractivity contribution in [1.29, 1.82) is 0 Å². The molecule has 8 nitrogen and oxygen atoms in total. The van der Waals surface area contributed by atoms with Crippen LogP contribution < -0.4 is 24.8 Å². The zero-order valence-corrected chi connectivity index (χ0v) is 31.7. The quantitative estimate of drug-likeness (QED) is 0.137. The fourth-order valence-corrected chi connectivity index (χ4v) is 6.77. The third-order valence-electron chi connectivity index (χ3n) is 9.22.